The van der Waals surface area contributed by atoms with E-state index in [2.05, 4.69) is 54.8 Å². The second kappa shape index (κ2) is 8.34. The van der Waals surface area contributed by atoms with E-state index < -0.39 is 0 Å². The van der Waals surface area contributed by atoms with Gasteiger partial charge in [0.25, 0.3) is 0 Å². The third-order valence-corrected chi connectivity index (χ3v) is 7.55. The van der Waals surface area contributed by atoms with Crippen molar-refractivity contribution in [3.63, 3.8) is 0 Å². The van der Waals surface area contributed by atoms with Crippen LogP contribution >= 0.6 is 11.3 Å². The Kier molecular flexibility index (Phi) is 5.83. The fraction of sp³-hybridized carbons (Fsp3) is 0.565. The highest BCUT2D eigenvalue weighted by Crippen LogP contribution is 2.33. The van der Waals surface area contributed by atoms with Gasteiger partial charge in [-0.3, -0.25) is 9.69 Å². The van der Waals surface area contributed by atoms with Crippen LogP contribution in [0.2, 0.25) is 0 Å². The molecule has 150 valence electrons. The Morgan fingerprint density at radius 2 is 1.93 bits per heavy atom. The molecule has 2 saturated heterocycles. The van der Waals surface area contributed by atoms with Gasteiger partial charge in [-0.2, -0.15) is 0 Å². The number of carbonyl (C=O) groups excluding carboxylic acids is 1. The molecule has 2 aromatic rings. The summed E-state index contributed by atoms with van der Waals surface area (Å²) in [4.78, 5) is 23.8. The van der Waals surface area contributed by atoms with E-state index in [4.69, 9.17) is 4.98 Å². The maximum Gasteiger partial charge on any atom is 0.239 e. The maximum atomic E-state index is 13.2. The molecule has 3 heterocycles. The van der Waals surface area contributed by atoms with Crippen molar-refractivity contribution in [2.24, 2.45) is 0 Å². The molecule has 0 saturated carbocycles. The largest absolute Gasteiger partial charge is 0.341 e. The number of hydrogen-bond donors (Lipinski definition) is 0. The molecule has 1 aromatic carbocycles. The van der Waals surface area contributed by atoms with Crippen molar-refractivity contribution in [2.45, 2.75) is 65.0 Å². The first-order chi connectivity index (χ1) is 13.5. The molecule has 2 fully saturated rings. The van der Waals surface area contributed by atoms with E-state index in [0.717, 1.165) is 57.6 Å². The first-order valence-corrected chi connectivity index (χ1v) is 11.3. The molecule has 1 unspecified atom stereocenters. The first-order valence-electron chi connectivity index (χ1n) is 10.5. The number of thiazole rings is 1. The Bertz CT molecular complexity index is 819. The Labute approximate surface area is 172 Å². The van der Waals surface area contributed by atoms with E-state index in [0.29, 0.717) is 11.8 Å². The lowest BCUT2D eigenvalue weighted by molar-refractivity contribution is -0.137. The van der Waals surface area contributed by atoms with E-state index in [-0.39, 0.29) is 6.04 Å². The molecule has 2 aliphatic rings. The average molecular weight is 398 g/mol. The molecule has 0 spiro atoms. The van der Waals surface area contributed by atoms with Gasteiger partial charge in [0, 0.05) is 30.4 Å². The van der Waals surface area contributed by atoms with Gasteiger partial charge in [0.1, 0.15) is 0 Å². The molecule has 0 N–H and O–H groups in total. The number of hydrogen-bond acceptors (Lipinski definition) is 4. The van der Waals surface area contributed by atoms with E-state index in [9.17, 15) is 4.79 Å². The minimum absolute atomic E-state index is 0.0569. The molecule has 1 aromatic heterocycles. The highest BCUT2D eigenvalue weighted by atomic mass is 32.1. The molecule has 0 radical (unpaired) electrons. The molecule has 0 bridgehead atoms. The van der Waals surface area contributed by atoms with Gasteiger partial charge in [-0.25, -0.2) is 4.98 Å². The summed E-state index contributed by atoms with van der Waals surface area (Å²) < 4.78 is 0. The number of nitrogens with zero attached hydrogens (tertiary/aromatic N) is 3. The highest BCUT2D eigenvalue weighted by Gasteiger charge is 2.35. The minimum atomic E-state index is 0.0569. The van der Waals surface area contributed by atoms with Crippen LogP contribution in [-0.2, 0) is 11.3 Å². The van der Waals surface area contributed by atoms with Crippen molar-refractivity contribution in [1.29, 1.82) is 0 Å². The number of rotatable bonds is 4. The van der Waals surface area contributed by atoms with Gasteiger partial charge in [-0.1, -0.05) is 29.8 Å². The standard InChI is InChI=1S/C23H31N3OS/c1-16-6-4-7-19(14-16)15-26-11-5-8-21(26)23(27)25-12-9-20(10-13-25)22-24-17(2)18(3)28-22/h4,6-7,14,20-21H,5,8-13,15H2,1-3H3. The molecule has 28 heavy (non-hydrogen) atoms. The van der Waals surface area contributed by atoms with Crippen LogP contribution in [0.25, 0.3) is 0 Å². The number of benzene rings is 1. The van der Waals surface area contributed by atoms with Gasteiger partial charge in [0.05, 0.1) is 16.7 Å². The van der Waals surface area contributed by atoms with Crippen LogP contribution in [0.4, 0.5) is 0 Å². The fourth-order valence-electron chi connectivity index (χ4n) is 4.57. The van der Waals surface area contributed by atoms with E-state index in [1.54, 1.807) is 0 Å². The Morgan fingerprint density at radius 1 is 1.14 bits per heavy atom. The van der Waals surface area contributed by atoms with Crippen molar-refractivity contribution < 1.29 is 4.79 Å². The van der Waals surface area contributed by atoms with Crippen LogP contribution in [0.3, 0.4) is 0 Å². The number of piperidine rings is 1. The van der Waals surface area contributed by atoms with Gasteiger partial charge in [0.15, 0.2) is 0 Å². The summed E-state index contributed by atoms with van der Waals surface area (Å²) in [6, 6.07) is 8.72. The van der Waals surface area contributed by atoms with Gasteiger partial charge in [-0.05, 0) is 58.6 Å². The van der Waals surface area contributed by atoms with Crippen molar-refractivity contribution in [1.82, 2.24) is 14.8 Å². The summed E-state index contributed by atoms with van der Waals surface area (Å²) in [5.74, 6) is 0.864. The summed E-state index contributed by atoms with van der Waals surface area (Å²) in [5.41, 5.74) is 3.76. The number of aromatic nitrogens is 1. The van der Waals surface area contributed by atoms with Crippen LogP contribution in [-0.4, -0.2) is 46.4 Å². The van der Waals surface area contributed by atoms with Crippen LogP contribution in [0.15, 0.2) is 24.3 Å². The second-order valence-corrected chi connectivity index (χ2v) is 9.65. The fourth-order valence-corrected chi connectivity index (χ4v) is 5.66. The Hall–Kier alpha value is -1.72. The zero-order valence-electron chi connectivity index (χ0n) is 17.3. The zero-order valence-corrected chi connectivity index (χ0v) is 18.1. The SMILES string of the molecule is Cc1cccc(CN2CCCC2C(=O)N2CCC(c3nc(C)c(C)s3)CC2)c1. The normalized spacial score (nSPS) is 21.4. The van der Waals surface area contributed by atoms with Gasteiger partial charge < -0.3 is 4.90 Å². The number of likely N-dealkylation sites (tertiary alicyclic amines) is 2. The molecule has 4 rings (SSSR count). The summed E-state index contributed by atoms with van der Waals surface area (Å²) in [7, 11) is 0. The second-order valence-electron chi connectivity index (χ2n) is 8.41. The molecule has 5 heteroatoms. The monoisotopic (exact) mass is 397 g/mol. The van der Waals surface area contributed by atoms with Crippen molar-refractivity contribution in [2.75, 3.05) is 19.6 Å². The Balaban J connectivity index is 1.36. The summed E-state index contributed by atoms with van der Waals surface area (Å²) in [6.45, 7) is 10.0. The molecule has 2 aliphatic heterocycles. The minimum Gasteiger partial charge on any atom is -0.341 e. The zero-order chi connectivity index (χ0) is 19.7. The number of aryl methyl sites for hydroxylation is 3. The van der Waals surface area contributed by atoms with Crippen LogP contribution in [0, 0.1) is 20.8 Å². The molecule has 0 aliphatic carbocycles. The predicted molar refractivity (Wildman–Crippen MR) is 115 cm³/mol. The molecular weight excluding hydrogens is 366 g/mol. The summed E-state index contributed by atoms with van der Waals surface area (Å²) in [5, 5.41) is 1.27. The first kappa shape index (κ1) is 19.6. The summed E-state index contributed by atoms with van der Waals surface area (Å²) >= 11 is 1.84. The van der Waals surface area contributed by atoms with Crippen molar-refractivity contribution in [3.8, 4) is 0 Å². The molecular formula is C23H31N3OS. The van der Waals surface area contributed by atoms with E-state index in [1.165, 1.54) is 21.0 Å². The summed E-state index contributed by atoms with van der Waals surface area (Å²) in [6.07, 6.45) is 4.21. The van der Waals surface area contributed by atoms with Crippen LogP contribution in [0.1, 0.15) is 58.3 Å². The number of carbonyl (C=O) groups is 1. The van der Waals surface area contributed by atoms with Crippen LogP contribution < -0.4 is 0 Å². The quantitative estimate of drug-likeness (QED) is 0.765. The average Bonchev–Trinajstić information content (AvgIpc) is 3.28. The maximum absolute atomic E-state index is 13.2. The third-order valence-electron chi connectivity index (χ3n) is 6.32. The number of amides is 1. The molecule has 1 amide bonds. The van der Waals surface area contributed by atoms with Crippen molar-refractivity contribution in [3.05, 3.63) is 51.0 Å². The third kappa shape index (κ3) is 4.15. The predicted octanol–water partition coefficient (Wildman–Crippen LogP) is 4.44. The van der Waals surface area contributed by atoms with Crippen molar-refractivity contribution >= 4 is 17.2 Å². The topological polar surface area (TPSA) is 36.4 Å². The van der Waals surface area contributed by atoms with Gasteiger partial charge in [-0.15, -0.1) is 11.3 Å². The van der Waals surface area contributed by atoms with E-state index >= 15 is 0 Å². The Morgan fingerprint density at radius 3 is 2.61 bits per heavy atom. The van der Waals surface area contributed by atoms with E-state index in [1.807, 2.05) is 11.3 Å². The molecule has 4 nitrogen and oxygen atoms in total. The van der Waals surface area contributed by atoms with Gasteiger partial charge in [0.2, 0.25) is 5.91 Å². The smallest absolute Gasteiger partial charge is 0.239 e. The lowest BCUT2D eigenvalue weighted by atomic mass is 9.96. The van der Waals surface area contributed by atoms with Gasteiger partial charge >= 0.3 is 0 Å². The highest BCUT2D eigenvalue weighted by molar-refractivity contribution is 7.11. The molecule has 1 atom stereocenters. The lowest BCUT2D eigenvalue weighted by Crippen LogP contribution is -2.48. The lowest BCUT2D eigenvalue weighted by Gasteiger charge is -2.35. The van der Waals surface area contributed by atoms with Crippen LogP contribution in [0.5, 0.6) is 0 Å².